The lowest BCUT2D eigenvalue weighted by molar-refractivity contribution is -0.209. The summed E-state index contributed by atoms with van der Waals surface area (Å²) >= 11 is 0. The minimum atomic E-state index is -4.62. The van der Waals surface area contributed by atoms with Crippen LogP contribution in [0.15, 0.2) is 12.8 Å². The first-order valence-corrected chi connectivity index (χ1v) is 2.10. The van der Waals surface area contributed by atoms with Crippen molar-refractivity contribution >= 4 is 0 Å². The number of aliphatic hydroxyl groups is 1. The van der Waals surface area contributed by atoms with E-state index in [-0.39, 0.29) is 0 Å². The summed E-state index contributed by atoms with van der Waals surface area (Å²) in [7, 11) is 0. The molecule has 0 aliphatic heterocycles. The summed E-state index contributed by atoms with van der Waals surface area (Å²) in [6.45, 7) is 2.94. The van der Waals surface area contributed by atoms with E-state index in [4.69, 9.17) is 5.11 Å². The summed E-state index contributed by atoms with van der Waals surface area (Å²) < 4.78 is 33.8. The third-order valence-corrected chi connectivity index (χ3v) is 0.586. The lowest BCUT2D eigenvalue weighted by Gasteiger charge is -2.13. The van der Waals surface area contributed by atoms with Crippen molar-refractivity contribution in [1.29, 1.82) is 0 Å². The predicted octanol–water partition coefficient (Wildman–Crippen LogP) is 0.600. The van der Waals surface area contributed by atoms with Gasteiger partial charge in [-0.25, -0.2) is 0 Å². The molecular formula is C4H6F3NO. The molecule has 0 saturated heterocycles. The van der Waals surface area contributed by atoms with Crippen LogP contribution in [-0.4, -0.2) is 17.5 Å². The van der Waals surface area contributed by atoms with Gasteiger partial charge < -0.3 is 10.4 Å². The topological polar surface area (TPSA) is 32.3 Å². The summed E-state index contributed by atoms with van der Waals surface area (Å²) in [6, 6.07) is 0. The van der Waals surface area contributed by atoms with Crippen LogP contribution in [0.1, 0.15) is 0 Å². The fourth-order valence-electron chi connectivity index (χ4n) is 0.206. The SMILES string of the molecule is C=CNC(O)C(F)(F)F. The lowest BCUT2D eigenvalue weighted by Crippen LogP contribution is -2.38. The average Bonchev–Trinajstić information content (AvgIpc) is 1.64. The Hall–Kier alpha value is -0.710. The Labute approximate surface area is 50.0 Å². The highest BCUT2D eigenvalue weighted by Crippen LogP contribution is 2.17. The molecule has 0 aliphatic carbocycles. The molecule has 1 atom stereocenters. The molecule has 0 radical (unpaired) electrons. The van der Waals surface area contributed by atoms with E-state index in [2.05, 4.69) is 6.58 Å². The summed E-state index contributed by atoms with van der Waals surface area (Å²) in [5.74, 6) is 0. The molecule has 0 spiro atoms. The number of halogens is 3. The summed E-state index contributed by atoms with van der Waals surface area (Å²) in [5, 5.41) is 9.66. The van der Waals surface area contributed by atoms with Crippen LogP contribution in [-0.2, 0) is 0 Å². The Morgan fingerprint density at radius 3 is 2.11 bits per heavy atom. The van der Waals surface area contributed by atoms with Gasteiger partial charge in [-0.15, -0.1) is 0 Å². The minimum Gasteiger partial charge on any atom is -0.366 e. The number of nitrogens with one attached hydrogen (secondary N) is 1. The van der Waals surface area contributed by atoms with Crippen LogP contribution in [0.5, 0.6) is 0 Å². The zero-order chi connectivity index (χ0) is 7.49. The summed E-state index contributed by atoms with van der Waals surface area (Å²) in [4.78, 5) is 0. The van der Waals surface area contributed by atoms with Gasteiger partial charge in [-0.3, -0.25) is 0 Å². The summed E-state index contributed by atoms with van der Waals surface area (Å²) in [5.41, 5.74) is 0. The van der Waals surface area contributed by atoms with Gasteiger partial charge in [-0.2, -0.15) is 13.2 Å². The molecule has 2 N–H and O–H groups in total. The third kappa shape index (κ3) is 2.97. The van der Waals surface area contributed by atoms with Crippen LogP contribution in [0.25, 0.3) is 0 Å². The number of rotatable bonds is 2. The van der Waals surface area contributed by atoms with Crippen molar-refractivity contribution in [2.24, 2.45) is 0 Å². The highest BCUT2D eigenvalue weighted by Gasteiger charge is 2.37. The molecule has 0 bridgehead atoms. The van der Waals surface area contributed by atoms with Crippen molar-refractivity contribution < 1.29 is 18.3 Å². The summed E-state index contributed by atoms with van der Waals surface area (Å²) in [6.07, 6.45) is -6.35. The first-order valence-electron chi connectivity index (χ1n) is 2.10. The van der Waals surface area contributed by atoms with Crippen LogP contribution in [0, 0.1) is 0 Å². The monoisotopic (exact) mass is 141 g/mol. The molecule has 0 saturated carbocycles. The van der Waals surface area contributed by atoms with Gasteiger partial charge in [0.25, 0.3) is 0 Å². The van der Waals surface area contributed by atoms with Gasteiger partial charge in [0.05, 0.1) is 0 Å². The second kappa shape index (κ2) is 2.72. The van der Waals surface area contributed by atoms with Crippen molar-refractivity contribution in [3.8, 4) is 0 Å². The first kappa shape index (κ1) is 8.29. The molecule has 1 unspecified atom stereocenters. The average molecular weight is 141 g/mol. The van der Waals surface area contributed by atoms with Gasteiger partial charge >= 0.3 is 6.18 Å². The van der Waals surface area contributed by atoms with Gasteiger partial charge in [-0.05, 0) is 6.20 Å². The van der Waals surface area contributed by atoms with E-state index in [1.54, 1.807) is 5.32 Å². The standard InChI is InChI=1S/C4H6F3NO/c1-2-8-3(9)4(5,6)7/h2-3,8-9H,1H2. The maximum atomic E-state index is 11.3. The Morgan fingerprint density at radius 2 is 2.00 bits per heavy atom. The van der Waals surface area contributed by atoms with E-state index < -0.39 is 12.4 Å². The van der Waals surface area contributed by atoms with E-state index in [9.17, 15) is 13.2 Å². The number of aliphatic hydroxyl groups excluding tert-OH is 1. The van der Waals surface area contributed by atoms with Crippen LogP contribution in [0.4, 0.5) is 13.2 Å². The van der Waals surface area contributed by atoms with Gasteiger partial charge in [0.1, 0.15) is 0 Å². The first-order chi connectivity index (χ1) is 3.98. The molecule has 0 heterocycles. The molecule has 0 aromatic rings. The number of hydrogen-bond donors (Lipinski definition) is 2. The number of alkyl halides is 3. The van der Waals surface area contributed by atoms with Gasteiger partial charge in [0.2, 0.25) is 6.23 Å². The van der Waals surface area contributed by atoms with Crippen molar-refractivity contribution in [2.75, 3.05) is 0 Å². The molecular weight excluding hydrogens is 135 g/mol. The van der Waals surface area contributed by atoms with Crippen LogP contribution < -0.4 is 5.32 Å². The smallest absolute Gasteiger partial charge is 0.366 e. The maximum absolute atomic E-state index is 11.3. The second-order valence-electron chi connectivity index (χ2n) is 1.31. The molecule has 54 valence electrons. The highest BCUT2D eigenvalue weighted by atomic mass is 19.4. The number of hydrogen-bond acceptors (Lipinski definition) is 2. The van der Waals surface area contributed by atoms with E-state index >= 15 is 0 Å². The Balaban J connectivity index is 3.72. The Morgan fingerprint density at radius 1 is 1.56 bits per heavy atom. The maximum Gasteiger partial charge on any atom is 0.433 e. The molecule has 0 rings (SSSR count). The molecule has 0 fully saturated rings. The van der Waals surface area contributed by atoms with E-state index in [1.165, 1.54) is 0 Å². The van der Waals surface area contributed by atoms with Crippen molar-refractivity contribution in [3.05, 3.63) is 12.8 Å². The molecule has 2 nitrogen and oxygen atoms in total. The molecule has 0 aliphatic rings. The molecule has 0 aromatic heterocycles. The zero-order valence-electron chi connectivity index (χ0n) is 4.44. The fraction of sp³-hybridized carbons (Fsp3) is 0.500. The van der Waals surface area contributed by atoms with Crippen molar-refractivity contribution in [2.45, 2.75) is 12.4 Å². The lowest BCUT2D eigenvalue weighted by atomic mass is 10.5. The Bertz CT molecular complexity index is 100. The molecule has 0 aromatic carbocycles. The van der Waals surface area contributed by atoms with Crippen LogP contribution in [0.3, 0.4) is 0 Å². The molecule has 0 amide bonds. The Kier molecular flexibility index (Phi) is 2.51. The van der Waals surface area contributed by atoms with Gasteiger partial charge in [-0.1, -0.05) is 6.58 Å². The van der Waals surface area contributed by atoms with Gasteiger partial charge in [0, 0.05) is 0 Å². The van der Waals surface area contributed by atoms with Crippen molar-refractivity contribution in [1.82, 2.24) is 5.32 Å². The van der Waals surface area contributed by atoms with Crippen LogP contribution >= 0.6 is 0 Å². The van der Waals surface area contributed by atoms with Gasteiger partial charge in [0.15, 0.2) is 0 Å². The quantitative estimate of drug-likeness (QED) is 0.552. The predicted molar refractivity (Wildman–Crippen MR) is 25.4 cm³/mol. The highest BCUT2D eigenvalue weighted by molar-refractivity contribution is 4.70. The normalized spacial score (nSPS) is 14.7. The minimum absolute atomic E-state index is 0.776. The largest absolute Gasteiger partial charge is 0.433 e. The van der Waals surface area contributed by atoms with Crippen LogP contribution in [0.2, 0.25) is 0 Å². The fourth-order valence-corrected chi connectivity index (χ4v) is 0.206. The third-order valence-electron chi connectivity index (χ3n) is 0.586. The molecule has 5 heteroatoms. The second-order valence-corrected chi connectivity index (χ2v) is 1.31. The van der Waals surface area contributed by atoms with Crippen molar-refractivity contribution in [3.63, 3.8) is 0 Å². The van der Waals surface area contributed by atoms with E-state index in [0.29, 0.717) is 0 Å². The van der Waals surface area contributed by atoms with E-state index in [1.807, 2.05) is 0 Å². The van der Waals surface area contributed by atoms with E-state index in [0.717, 1.165) is 6.20 Å². The zero-order valence-corrected chi connectivity index (χ0v) is 4.44. The molecule has 9 heavy (non-hydrogen) atoms.